The van der Waals surface area contributed by atoms with Gasteiger partial charge in [-0.25, -0.2) is 17.5 Å². The molecule has 2 saturated carbocycles. The molecule has 2 atom stereocenters. The Bertz CT molecular complexity index is 1870. The van der Waals surface area contributed by atoms with E-state index in [0.29, 0.717) is 42.3 Å². The number of pyridine rings is 1. The van der Waals surface area contributed by atoms with Crippen molar-refractivity contribution in [1.29, 1.82) is 0 Å². The molecular formula is C34H32ClFN4O3S. The Kier molecular flexibility index (Phi) is 7.30. The second-order valence-electron chi connectivity index (χ2n) is 12.0. The van der Waals surface area contributed by atoms with Gasteiger partial charge in [-0.1, -0.05) is 30.2 Å². The molecule has 2 heterocycles. The number of Topliss-reactive ketones (excluding diaryl/α,β-unsaturated/α-hetero) is 1. The lowest BCUT2D eigenvalue weighted by atomic mass is 9.60. The van der Waals surface area contributed by atoms with Crippen LogP contribution in [-0.2, 0) is 16.4 Å². The summed E-state index contributed by atoms with van der Waals surface area (Å²) in [5.74, 6) is 0.0891. The summed E-state index contributed by atoms with van der Waals surface area (Å²) < 4.78 is 44.8. The first kappa shape index (κ1) is 29.1. The molecule has 4 aromatic rings. The average Bonchev–Trinajstić information content (AvgIpc) is 3.81. The van der Waals surface area contributed by atoms with Crippen molar-refractivity contribution in [2.24, 2.45) is 5.41 Å². The number of rotatable bonds is 8. The van der Waals surface area contributed by atoms with Crippen LogP contribution in [0.2, 0.25) is 5.02 Å². The van der Waals surface area contributed by atoms with Gasteiger partial charge in [0.25, 0.3) is 0 Å². The van der Waals surface area contributed by atoms with E-state index in [1.165, 1.54) is 28.6 Å². The first-order chi connectivity index (χ1) is 21.2. The fourth-order valence-electron chi connectivity index (χ4n) is 6.93. The van der Waals surface area contributed by atoms with E-state index >= 15 is 0 Å². The molecule has 3 aliphatic rings. The van der Waals surface area contributed by atoms with E-state index in [-0.39, 0.29) is 23.0 Å². The Morgan fingerprint density at radius 2 is 1.80 bits per heavy atom. The van der Waals surface area contributed by atoms with Crippen molar-refractivity contribution in [3.05, 3.63) is 112 Å². The second-order valence-corrected chi connectivity index (χ2v) is 14.3. The number of ketones is 1. The van der Waals surface area contributed by atoms with Crippen LogP contribution in [0.3, 0.4) is 0 Å². The zero-order valence-electron chi connectivity index (χ0n) is 24.3. The molecule has 7 rings (SSSR count). The van der Waals surface area contributed by atoms with E-state index in [1.807, 2.05) is 31.3 Å². The Labute approximate surface area is 261 Å². The molecule has 0 amide bonds. The number of carbonyl (C=O) groups is 1. The van der Waals surface area contributed by atoms with Gasteiger partial charge in [-0.2, -0.15) is 9.40 Å². The maximum atomic E-state index is 14.6. The van der Waals surface area contributed by atoms with Crippen molar-refractivity contribution < 1.29 is 17.6 Å². The highest BCUT2D eigenvalue weighted by molar-refractivity contribution is 7.89. The normalized spacial score (nSPS) is 21.5. The van der Waals surface area contributed by atoms with Crippen LogP contribution in [0.1, 0.15) is 72.3 Å². The fraction of sp³-hybridized carbons (Fsp3) is 0.324. The molecular weight excluding hydrogens is 599 g/mol. The molecule has 0 spiro atoms. The fourth-order valence-corrected chi connectivity index (χ4v) is 8.72. The molecule has 0 aliphatic heterocycles. The van der Waals surface area contributed by atoms with Crippen LogP contribution in [-0.4, -0.2) is 45.9 Å². The van der Waals surface area contributed by atoms with Gasteiger partial charge in [-0.15, -0.1) is 0 Å². The summed E-state index contributed by atoms with van der Waals surface area (Å²) in [5, 5.41) is 5.08. The Morgan fingerprint density at radius 3 is 2.45 bits per heavy atom. The standard InChI is InChI=1S/C34H32ClFN4O3S/c1-2-39(44(42,43)30-14-7-26(35)8-15-30)29-11-6-25-17-32-24(21-38-40(32)28-12-9-27(36)10-13-28)18-34(25,19-29)33(41)31-16-5-23(20-37-31)22-3-4-22/h5,7-10,12-17,20-22,29H,2-4,6,11,18-19H2,1H3/t29-,34-/m0/s1. The molecule has 3 aliphatic carbocycles. The van der Waals surface area contributed by atoms with Crippen molar-refractivity contribution in [3.63, 3.8) is 0 Å². The molecule has 226 valence electrons. The summed E-state index contributed by atoms with van der Waals surface area (Å²) in [4.78, 5) is 19.4. The Balaban J connectivity index is 1.29. The summed E-state index contributed by atoms with van der Waals surface area (Å²) in [6.45, 7) is 2.10. The zero-order valence-corrected chi connectivity index (χ0v) is 25.9. The van der Waals surface area contributed by atoms with Gasteiger partial charge in [-0.05, 0) is 116 Å². The number of carbonyl (C=O) groups excluding carboxylic acids is 1. The third kappa shape index (κ3) is 5.01. The number of nitrogens with zero attached hydrogens (tertiary/aromatic N) is 4. The van der Waals surface area contributed by atoms with Gasteiger partial charge in [0.2, 0.25) is 10.0 Å². The van der Waals surface area contributed by atoms with Crippen molar-refractivity contribution in [2.75, 3.05) is 6.54 Å². The minimum Gasteiger partial charge on any atom is -0.291 e. The number of benzene rings is 2. The van der Waals surface area contributed by atoms with Crippen LogP contribution in [0.5, 0.6) is 0 Å². The molecule has 0 bridgehead atoms. The van der Waals surface area contributed by atoms with E-state index in [1.54, 1.807) is 35.1 Å². The summed E-state index contributed by atoms with van der Waals surface area (Å²) in [7, 11) is -3.85. The van der Waals surface area contributed by atoms with Gasteiger partial charge in [-0.3, -0.25) is 9.78 Å². The van der Waals surface area contributed by atoms with Crippen molar-refractivity contribution >= 4 is 33.5 Å². The third-order valence-corrected chi connectivity index (χ3v) is 11.6. The predicted octanol–water partition coefficient (Wildman–Crippen LogP) is 7.01. The van der Waals surface area contributed by atoms with Crippen molar-refractivity contribution in [1.82, 2.24) is 19.1 Å². The second kappa shape index (κ2) is 11.1. The Hall–Kier alpha value is -3.66. The summed E-state index contributed by atoms with van der Waals surface area (Å²) >= 11 is 6.05. The molecule has 2 aromatic carbocycles. The highest BCUT2D eigenvalue weighted by atomic mass is 35.5. The predicted molar refractivity (Wildman–Crippen MR) is 167 cm³/mol. The van der Waals surface area contributed by atoms with E-state index in [0.717, 1.165) is 40.9 Å². The van der Waals surface area contributed by atoms with Crippen LogP contribution < -0.4 is 0 Å². The summed E-state index contributed by atoms with van der Waals surface area (Å²) in [6.07, 6.45) is 9.69. The molecule has 0 unspecified atom stereocenters. The number of allylic oxidation sites excluding steroid dienone is 1. The highest BCUT2D eigenvalue weighted by Gasteiger charge is 2.51. The van der Waals surface area contributed by atoms with Crippen LogP contribution in [0.15, 0.2) is 83.5 Å². The lowest BCUT2D eigenvalue weighted by molar-refractivity contribution is 0.0739. The zero-order chi connectivity index (χ0) is 30.6. The number of sulfonamides is 1. The summed E-state index contributed by atoms with van der Waals surface area (Å²) in [6, 6.07) is 15.8. The van der Waals surface area contributed by atoms with Crippen LogP contribution in [0, 0.1) is 11.2 Å². The number of hydrogen-bond acceptors (Lipinski definition) is 5. The van der Waals surface area contributed by atoms with E-state index in [4.69, 9.17) is 11.6 Å². The van der Waals surface area contributed by atoms with E-state index < -0.39 is 21.5 Å². The van der Waals surface area contributed by atoms with Gasteiger partial charge >= 0.3 is 0 Å². The van der Waals surface area contributed by atoms with Crippen LogP contribution in [0.25, 0.3) is 11.8 Å². The number of hydrogen-bond donors (Lipinski definition) is 0. The minimum absolute atomic E-state index is 0.101. The number of halogens is 2. The van der Waals surface area contributed by atoms with Crippen LogP contribution >= 0.6 is 11.6 Å². The van der Waals surface area contributed by atoms with Crippen LogP contribution in [0.4, 0.5) is 4.39 Å². The van der Waals surface area contributed by atoms with Gasteiger partial charge in [0.15, 0.2) is 5.78 Å². The third-order valence-electron chi connectivity index (χ3n) is 9.35. The average molecular weight is 631 g/mol. The highest BCUT2D eigenvalue weighted by Crippen LogP contribution is 2.51. The molecule has 10 heteroatoms. The topological polar surface area (TPSA) is 85.2 Å². The molecule has 44 heavy (non-hydrogen) atoms. The molecule has 0 radical (unpaired) electrons. The lowest BCUT2D eigenvalue weighted by Gasteiger charge is -2.46. The quantitative estimate of drug-likeness (QED) is 0.196. The summed E-state index contributed by atoms with van der Waals surface area (Å²) in [5.41, 5.74) is 3.96. The monoisotopic (exact) mass is 630 g/mol. The van der Waals surface area contributed by atoms with E-state index in [9.17, 15) is 17.6 Å². The van der Waals surface area contributed by atoms with Crippen molar-refractivity contribution in [3.8, 4) is 5.69 Å². The van der Waals surface area contributed by atoms with E-state index in [2.05, 4.69) is 10.1 Å². The Morgan fingerprint density at radius 1 is 1.05 bits per heavy atom. The SMILES string of the molecule is CCN([C@H]1CCC2=Cc3c(cnn3-c3ccc(F)cc3)C[C@]2(C(=O)c2ccc(C3CC3)cn2)C1)S(=O)(=O)c1ccc(Cl)cc1. The molecule has 2 fully saturated rings. The first-order valence-electron chi connectivity index (χ1n) is 15.0. The first-order valence-corrected chi connectivity index (χ1v) is 16.8. The van der Waals surface area contributed by atoms with Crippen molar-refractivity contribution in [2.45, 2.75) is 62.3 Å². The maximum absolute atomic E-state index is 14.6. The molecule has 2 aromatic heterocycles. The maximum Gasteiger partial charge on any atom is 0.243 e. The van der Waals surface area contributed by atoms with Gasteiger partial charge in [0.1, 0.15) is 11.5 Å². The van der Waals surface area contributed by atoms with Gasteiger partial charge < -0.3 is 0 Å². The largest absolute Gasteiger partial charge is 0.291 e. The number of fused-ring (bicyclic) bond motifs is 2. The smallest absolute Gasteiger partial charge is 0.243 e. The minimum atomic E-state index is -3.85. The lowest BCUT2D eigenvalue weighted by Crippen LogP contribution is -2.50. The molecule has 7 nitrogen and oxygen atoms in total. The number of aromatic nitrogens is 3. The molecule has 0 saturated heterocycles. The van der Waals surface area contributed by atoms with Gasteiger partial charge in [0, 0.05) is 23.8 Å². The van der Waals surface area contributed by atoms with Gasteiger partial charge in [0.05, 0.1) is 27.9 Å². The molecule has 0 N–H and O–H groups in total.